The van der Waals surface area contributed by atoms with Crippen molar-refractivity contribution >= 4 is 15.7 Å². The summed E-state index contributed by atoms with van der Waals surface area (Å²) in [7, 11) is -4.01. The number of hydrogen-bond donors (Lipinski definition) is 0. The molecule has 3 rings (SSSR count). The molecule has 1 fully saturated rings. The van der Waals surface area contributed by atoms with Crippen LogP contribution in [-0.4, -0.2) is 52.7 Å². The van der Waals surface area contributed by atoms with Crippen LogP contribution in [0.3, 0.4) is 0 Å². The molecule has 1 heterocycles. The van der Waals surface area contributed by atoms with Gasteiger partial charge in [0.15, 0.2) is 0 Å². The standard InChI is InChI=1S/C19H21F3N2O3S/c20-19(21,22)16-6-8-18(9-7-16)28(25,26)24(17-4-2-1-3-5-17)11-10-23-12-14-27-15-13-23/h1-9H,10-15H2. The third kappa shape index (κ3) is 4.84. The van der Waals surface area contributed by atoms with Gasteiger partial charge in [0.2, 0.25) is 0 Å². The zero-order valence-corrected chi connectivity index (χ0v) is 15.9. The van der Waals surface area contributed by atoms with Crippen molar-refractivity contribution in [2.45, 2.75) is 11.1 Å². The van der Waals surface area contributed by atoms with Crippen molar-refractivity contribution < 1.29 is 26.3 Å². The number of para-hydroxylation sites is 1. The summed E-state index contributed by atoms with van der Waals surface area (Å²) in [5.74, 6) is 0. The zero-order valence-electron chi connectivity index (χ0n) is 15.1. The fourth-order valence-electron chi connectivity index (χ4n) is 2.98. The molecular weight excluding hydrogens is 393 g/mol. The van der Waals surface area contributed by atoms with E-state index in [0.717, 1.165) is 24.3 Å². The fourth-order valence-corrected chi connectivity index (χ4v) is 4.44. The SMILES string of the molecule is O=S(=O)(c1ccc(C(F)(F)F)cc1)N(CCN1CCOCC1)c1ccccc1. The van der Waals surface area contributed by atoms with Crippen LogP contribution in [0.1, 0.15) is 5.56 Å². The fraction of sp³-hybridized carbons (Fsp3) is 0.368. The Morgan fingerprint density at radius 3 is 2.14 bits per heavy atom. The molecule has 1 saturated heterocycles. The molecule has 0 aliphatic carbocycles. The Hall–Kier alpha value is -2.10. The Balaban J connectivity index is 1.87. The lowest BCUT2D eigenvalue weighted by Crippen LogP contribution is -2.43. The molecule has 0 bridgehead atoms. The minimum Gasteiger partial charge on any atom is -0.379 e. The van der Waals surface area contributed by atoms with Gasteiger partial charge < -0.3 is 4.74 Å². The number of benzene rings is 2. The lowest BCUT2D eigenvalue weighted by molar-refractivity contribution is -0.137. The molecule has 0 N–H and O–H groups in total. The van der Waals surface area contributed by atoms with Gasteiger partial charge in [-0.1, -0.05) is 18.2 Å². The highest BCUT2D eigenvalue weighted by Gasteiger charge is 2.32. The zero-order chi connectivity index (χ0) is 20.2. The Kier molecular flexibility index (Phi) is 6.26. The van der Waals surface area contributed by atoms with Gasteiger partial charge in [0.05, 0.1) is 29.4 Å². The molecule has 2 aromatic carbocycles. The monoisotopic (exact) mass is 414 g/mol. The van der Waals surface area contributed by atoms with Crippen LogP contribution in [0.25, 0.3) is 0 Å². The summed E-state index contributed by atoms with van der Waals surface area (Å²) in [6.07, 6.45) is -4.52. The van der Waals surface area contributed by atoms with Gasteiger partial charge in [-0.05, 0) is 36.4 Å². The average molecular weight is 414 g/mol. The number of alkyl halides is 3. The van der Waals surface area contributed by atoms with E-state index in [9.17, 15) is 21.6 Å². The first-order chi connectivity index (χ1) is 13.3. The van der Waals surface area contributed by atoms with E-state index in [2.05, 4.69) is 4.90 Å². The maximum Gasteiger partial charge on any atom is 0.416 e. The van der Waals surface area contributed by atoms with Gasteiger partial charge in [0.1, 0.15) is 0 Å². The second-order valence-corrected chi connectivity index (χ2v) is 8.25. The molecule has 0 aromatic heterocycles. The Labute approximate surface area is 162 Å². The molecule has 1 aliphatic heterocycles. The first kappa shape index (κ1) is 20.6. The van der Waals surface area contributed by atoms with E-state index in [-0.39, 0.29) is 11.4 Å². The molecule has 5 nitrogen and oxygen atoms in total. The van der Waals surface area contributed by atoms with Gasteiger partial charge in [-0.25, -0.2) is 8.42 Å². The highest BCUT2D eigenvalue weighted by molar-refractivity contribution is 7.92. The van der Waals surface area contributed by atoms with Crippen molar-refractivity contribution in [3.63, 3.8) is 0 Å². The van der Waals surface area contributed by atoms with Crippen LogP contribution < -0.4 is 4.31 Å². The van der Waals surface area contributed by atoms with Gasteiger partial charge >= 0.3 is 6.18 Å². The highest BCUT2D eigenvalue weighted by Crippen LogP contribution is 2.31. The Bertz CT molecular complexity index is 866. The number of hydrogen-bond acceptors (Lipinski definition) is 4. The highest BCUT2D eigenvalue weighted by atomic mass is 32.2. The maximum atomic E-state index is 13.2. The van der Waals surface area contributed by atoms with Crippen molar-refractivity contribution in [1.29, 1.82) is 0 Å². The van der Waals surface area contributed by atoms with E-state index in [4.69, 9.17) is 4.74 Å². The van der Waals surface area contributed by atoms with Crippen molar-refractivity contribution in [3.8, 4) is 0 Å². The third-order valence-electron chi connectivity index (χ3n) is 4.54. The predicted octanol–water partition coefficient (Wildman–Crippen LogP) is 3.23. The quantitative estimate of drug-likeness (QED) is 0.728. The van der Waals surface area contributed by atoms with Crippen LogP contribution in [0.5, 0.6) is 0 Å². The van der Waals surface area contributed by atoms with Crippen LogP contribution in [0.2, 0.25) is 0 Å². The largest absolute Gasteiger partial charge is 0.416 e. The number of anilines is 1. The third-order valence-corrected chi connectivity index (χ3v) is 6.38. The molecule has 152 valence electrons. The van der Waals surface area contributed by atoms with Gasteiger partial charge in [-0.2, -0.15) is 13.2 Å². The number of ether oxygens (including phenoxy) is 1. The van der Waals surface area contributed by atoms with Crippen LogP contribution in [0.15, 0.2) is 59.5 Å². The summed E-state index contributed by atoms with van der Waals surface area (Å²) in [6, 6.07) is 12.1. The molecule has 28 heavy (non-hydrogen) atoms. The summed E-state index contributed by atoms with van der Waals surface area (Å²) in [6.45, 7) is 3.30. The molecule has 0 atom stereocenters. The van der Waals surface area contributed by atoms with Crippen molar-refractivity contribution in [2.24, 2.45) is 0 Å². The maximum absolute atomic E-state index is 13.2. The van der Waals surface area contributed by atoms with Gasteiger partial charge in [-0.15, -0.1) is 0 Å². The number of sulfonamides is 1. The first-order valence-electron chi connectivity index (χ1n) is 8.83. The molecule has 0 unspecified atom stereocenters. The van der Waals surface area contributed by atoms with Crippen LogP contribution >= 0.6 is 0 Å². The Morgan fingerprint density at radius 2 is 1.57 bits per heavy atom. The first-order valence-corrected chi connectivity index (χ1v) is 10.3. The summed E-state index contributed by atoms with van der Waals surface area (Å²) in [5, 5.41) is 0. The predicted molar refractivity (Wildman–Crippen MR) is 99.7 cm³/mol. The number of morpholine rings is 1. The molecule has 2 aromatic rings. The summed E-state index contributed by atoms with van der Waals surface area (Å²) in [4.78, 5) is 1.92. The number of rotatable bonds is 6. The topological polar surface area (TPSA) is 49.9 Å². The minimum atomic E-state index is -4.52. The lowest BCUT2D eigenvalue weighted by atomic mass is 10.2. The van der Waals surface area contributed by atoms with Gasteiger partial charge in [0, 0.05) is 26.2 Å². The van der Waals surface area contributed by atoms with E-state index >= 15 is 0 Å². The molecule has 0 spiro atoms. The van der Waals surface area contributed by atoms with E-state index in [1.165, 1.54) is 4.31 Å². The lowest BCUT2D eigenvalue weighted by Gasteiger charge is -2.30. The van der Waals surface area contributed by atoms with Gasteiger partial charge in [0.25, 0.3) is 10.0 Å². The molecule has 9 heteroatoms. The van der Waals surface area contributed by atoms with E-state index in [1.54, 1.807) is 30.3 Å². The normalized spacial score (nSPS) is 16.1. The Morgan fingerprint density at radius 1 is 0.964 bits per heavy atom. The molecule has 0 radical (unpaired) electrons. The van der Waals surface area contributed by atoms with E-state index in [0.29, 0.717) is 38.5 Å². The van der Waals surface area contributed by atoms with Crippen LogP contribution in [0.4, 0.5) is 18.9 Å². The summed E-state index contributed by atoms with van der Waals surface area (Å²) < 4.78 is 71.3. The minimum absolute atomic E-state index is 0.175. The summed E-state index contributed by atoms with van der Waals surface area (Å²) >= 11 is 0. The van der Waals surface area contributed by atoms with Crippen molar-refractivity contribution in [1.82, 2.24) is 4.90 Å². The van der Waals surface area contributed by atoms with E-state index in [1.807, 2.05) is 0 Å². The van der Waals surface area contributed by atoms with Crippen molar-refractivity contribution in [3.05, 3.63) is 60.2 Å². The molecule has 0 saturated carbocycles. The molecular formula is C19H21F3N2O3S. The number of halogens is 3. The van der Waals surface area contributed by atoms with Crippen LogP contribution in [-0.2, 0) is 20.9 Å². The second kappa shape index (κ2) is 8.50. The molecule has 0 amide bonds. The van der Waals surface area contributed by atoms with Crippen LogP contribution in [0, 0.1) is 0 Å². The molecule has 1 aliphatic rings. The second-order valence-electron chi connectivity index (χ2n) is 6.39. The number of nitrogens with zero attached hydrogens (tertiary/aromatic N) is 2. The smallest absolute Gasteiger partial charge is 0.379 e. The average Bonchev–Trinajstić information content (AvgIpc) is 2.69. The summed E-state index contributed by atoms with van der Waals surface area (Å²) in [5.41, 5.74) is -0.415. The van der Waals surface area contributed by atoms with Crippen molar-refractivity contribution in [2.75, 3.05) is 43.7 Å². The van der Waals surface area contributed by atoms with Gasteiger partial charge in [-0.3, -0.25) is 9.21 Å². The van der Waals surface area contributed by atoms with E-state index < -0.39 is 21.8 Å².